The quantitative estimate of drug-likeness (QED) is 0.753. The number of pyridine rings is 1. The lowest BCUT2D eigenvalue weighted by molar-refractivity contribution is -0.117. The predicted molar refractivity (Wildman–Crippen MR) is 122 cm³/mol. The van der Waals surface area contributed by atoms with E-state index in [9.17, 15) is 14.4 Å². The summed E-state index contributed by atoms with van der Waals surface area (Å²) in [6, 6.07) is 3.57. The molecule has 1 fully saturated rings. The van der Waals surface area contributed by atoms with Crippen LogP contribution in [0.1, 0.15) is 41.5 Å². The molecular weight excluding hydrogens is 414 g/mol. The Kier molecular flexibility index (Phi) is 7.92. The summed E-state index contributed by atoms with van der Waals surface area (Å²) in [5.74, 6) is 0.0216. The summed E-state index contributed by atoms with van der Waals surface area (Å²) in [7, 11) is 1.50. The number of nitrogens with zero attached hydrogens (tertiary/aromatic N) is 4. The maximum Gasteiger partial charge on any atom is 0.410 e. The van der Waals surface area contributed by atoms with E-state index >= 15 is 0 Å². The number of hydrogen-bond acceptors (Lipinski definition) is 7. The van der Waals surface area contributed by atoms with Gasteiger partial charge < -0.3 is 29.5 Å². The molecule has 0 aliphatic carbocycles. The topological polar surface area (TPSA) is 104 Å². The van der Waals surface area contributed by atoms with Crippen molar-refractivity contribution in [3.05, 3.63) is 18.3 Å². The Bertz CT molecular complexity index is 805. The van der Waals surface area contributed by atoms with Crippen LogP contribution in [0.2, 0.25) is 0 Å². The summed E-state index contributed by atoms with van der Waals surface area (Å²) in [5, 5.41) is 2.68. The van der Waals surface area contributed by atoms with Crippen molar-refractivity contribution in [1.29, 1.82) is 0 Å². The van der Waals surface area contributed by atoms with Crippen LogP contribution in [-0.2, 0) is 14.3 Å². The Morgan fingerprint density at radius 2 is 1.59 bits per heavy atom. The molecule has 0 unspecified atom stereocenters. The second-order valence-corrected chi connectivity index (χ2v) is 9.74. The largest absolute Gasteiger partial charge is 0.444 e. The SMILES string of the molecule is CN(CC(=O)Nc1ccc(N2CCN(C(=O)OC(C)(C)C)CC2)cn1)C(=O)OC(C)(C)C. The lowest BCUT2D eigenvalue weighted by Crippen LogP contribution is -2.50. The van der Waals surface area contributed by atoms with Crippen LogP contribution in [-0.4, -0.2) is 83.9 Å². The highest BCUT2D eigenvalue weighted by molar-refractivity contribution is 5.93. The zero-order chi connectivity index (χ0) is 24.1. The molecule has 0 saturated carbocycles. The number of rotatable bonds is 4. The van der Waals surface area contributed by atoms with Gasteiger partial charge >= 0.3 is 12.2 Å². The Morgan fingerprint density at radius 3 is 2.09 bits per heavy atom. The van der Waals surface area contributed by atoms with Crippen molar-refractivity contribution in [1.82, 2.24) is 14.8 Å². The van der Waals surface area contributed by atoms with Gasteiger partial charge in [0.05, 0.1) is 11.9 Å². The van der Waals surface area contributed by atoms with Gasteiger partial charge in [0.15, 0.2) is 0 Å². The summed E-state index contributed by atoms with van der Waals surface area (Å²) in [4.78, 5) is 45.7. The standard InChI is InChI=1S/C22H35N5O5/c1-21(2,3)31-19(29)25(7)15-18(28)24-17-9-8-16(14-23-17)26-10-12-27(13-11-26)20(30)32-22(4,5)6/h8-9,14H,10-13,15H2,1-7H3,(H,23,24,28). The number of hydrogen-bond donors (Lipinski definition) is 1. The van der Waals surface area contributed by atoms with Crippen LogP contribution in [0.4, 0.5) is 21.1 Å². The van der Waals surface area contributed by atoms with Gasteiger partial charge in [-0.15, -0.1) is 0 Å². The van der Waals surface area contributed by atoms with Crippen LogP contribution in [0.3, 0.4) is 0 Å². The molecule has 0 spiro atoms. The fraction of sp³-hybridized carbons (Fsp3) is 0.636. The van der Waals surface area contributed by atoms with Gasteiger partial charge in [-0.3, -0.25) is 4.79 Å². The first-order chi connectivity index (χ1) is 14.7. The van der Waals surface area contributed by atoms with Crippen LogP contribution in [0.25, 0.3) is 0 Å². The third kappa shape index (κ3) is 8.24. The van der Waals surface area contributed by atoms with E-state index in [4.69, 9.17) is 9.47 Å². The minimum atomic E-state index is -0.627. The van der Waals surface area contributed by atoms with E-state index in [1.807, 2.05) is 26.8 Å². The molecule has 0 atom stereocenters. The minimum Gasteiger partial charge on any atom is -0.444 e. The molecule has 10 nitrogen and oxygen atoms in total. The van der Waals surface area contributed by atoms with Crippen molar-refractivity contribution < 1.29 is 23.9 Å². The Morgan fingerprint density at radius 1 is 1.00 bits per heavy atom. The maximum atomic E-state index is 12.2. The molecule has 10 heteroatoms. The van der Waals surface area contributed by atoms with Gasteiger partial charge in [0.2, 0.25) is 5.91 Å². The Balaban J connectivity index is 1.83. The molecule has 178 valence electrons. The van der Waals surface area contributed by atoms with Crippen molar-refractivity contribution in [2.24, 2.45) is 0 Å². The van der Waals surface area contributed by atoms with E-state index in [0.29, 0.717) is 32.0 Å². The van der Waals surface area contributed by atoms with E-state index < -0.39 is 17.3 Å². The number of likely N-dealkylation sites (N-methyl/N-ethyl adjacent to an activating group) is 1. The van der Waals surface area contributed by atoms with Gasteiger partial charge in [-0.2, -0.15) is 0 Å². The number of carbonyl (C=O) groups excluding carboxylic acids is 3. The van der Waals surface area contributed by atoms with E-state index in [2.05, 4.69) is 15.2 Å². The number of anilines is 2. The highest BCUT2D eigenvalue weighted by atomic mass is 16.6. The van der Waals surface area contributed by atoms with E-state index in [1.54, 1.807) is 37.9 Å². The number of carbonyl (C=O) groups is 3. The van der Waals surface area contributed by atoms with E-state index in [1.165, 1.54) is 11.9 Å². The second kappa shape index (κ2) is 10.1. The highest BCUT2D eigenvalue weighted by Gasteiger charge is 2.26. The van der Waals surface area contributed by atoms with E-state index in [-0.39, 0.29) is 18.5 Å². The normalized spacial score (nSPS) is 14.6. The number of nitrogens with one attached hydrogen (secondary N) is 1. The molecule has 32 heavy (non-hydrogen) atoms. The molecule has 1 saturated heterocycles. The molecule has 1 N–H and O–H groups in total. The van der Waals surface area contributed by atoms with Gasteiger partial charge in [-0.25, -0.2) is 14.6 Å². The van der Waals surface area contributed by atoms with Crippen molar-refractivity contribution in [2.45, 2.75) is 52.7 Å². The predicted octanol–water partition coefficient (Wildman–Crippen LogP) is 2.94. The van der Waals surface area contributed by atoms with Gasteiger partial charge in [-0.1, -0.05) is 0 Å². The molecule has 1 aromatic heterocycles. The Labute approximate surface area is 189 Å². The smallest absolute Gasteiger partial charge is 0.410 e. The van der Waals surface area contributed by atoms with Crippen LogP contribution in [0.5, 0.6) is 0 Å². The van der Waals surface area contributed by atoms with Crippen LogP contribution in [0.15, 0.2) is 18.3 Å². The zero-order valence-corrected chi connectivity index (χ0v) is 20.1. The lowest BCUT2D eigenvalue weighted by atomic mass is 10.2. The molecule has 0 aromatic carbocycles. The van der Waals surface area contributed by atoms with Gasteiger partial charge in [0, 0.05) is 33.2 Å². The first-order valence-electron chi connectivity index (χ1n) is 10.7. The van der Waals surface area contributed by atoms with Gasteiger partial charge in [-0.05, 0) is 53.7 Å². The summed E-state index contributed by atoms with van der Waals surface area (Å²) < 4.78 is 10.7. The first-order valence-corrected chi connectivity index (χ1v) is 10.7. The molecular formula is C22H35N5O5. The van der Waals surface area contributed by atoms with Crippen LogP contribution in [0, 0.1) is 0 Å². The monoisotopic (exact) mass is 449 g/mol. The molecule has 0 radical (unpaired) electrons. The van der Waals surface area contributed by atoms with Crippen molar-refractivity contribution >= 4 is 29.6 Å². The minimum absolute atomic E-state index is 0.148. The fourth-order valence-corrected chi connectivity index (χ4v) is 2.92. The summed E-state index contributed by atoms with van der Waals surface area (Å²) in [6.07, 6.45) is 0.808. The lowest BCUT2D eigenvalue weighted by Gasteiger charge is -2.36. The zero-order valence-electron chi connectivity index (χ0n) is 20.1. The fourth-order valence-electron chi connectivity index (χ4n) is 2.92. The summed E-state index contributed by atoms with van der Waals surface area (Å²) in [5.41, 5.74) is -0.241. The third-order valence-corrected chi connectivity index (χ3v) is 4.40. The van der Waals surface area contributed by atoms with Crippen molar-refractivity contribution in [3.63, 3.8) is 0 Å². The van der Waals surface area contributed by atoms with E-state index in [0.717, 1.165) is 5.69 Å². The molecule has 1 aromatic rings. The molecule has 1 aliphatic heterocycles. The number of piperazine rings is 1. The number of ether oxygens (including phenoxy) is 2. The first kappa shape index (κ1) is 25.2. The highest BCUT2D eigenvalue weighted by Crippen LogP contribution is 2.19. The van der Waals surface area contributed by atoms with Gasteiger partial charge in [0.25, 0.3) is 0 Å². The second-order valence-electron chi connectivity index (χ2n) is 9.74. The molecule has 2 rings (SSSR count). The summed E-state index contributed by atoms with van der Waals surface area (Å²) in [6.45, 7) is 13.1. The van der Waals surface area contributed by atoms with Crippen LogP contribution < -0.4 is 10.2 Å². The maximum absolute atomic E-state index is 12.2. The number of aromatic nitrogens is 1. The average molecular weight is 450 g/mol. The molecule has 2 heterocycles. The average Bonchev–Trinajstić information content (AvgIpc) is 2.66. The molecule has 0 bridgehead atoms. The number of amides is 3. The molecule has 1 aliphatic rings. The van der Waals surface area contributed by atoms with Crippen molar-refractivity contribution in [3.8, 4) is 0 Å². The van der Waals surface area contributed by atoms with Crippen LogP contribution >= 0.6 is 0 Å². The van der Waals surface area contributed by atoms with Crippen molar-refractivity contribution in [2.75, 3.05) is 50.0 Å². The molecule has 3 amide bonds. The van der Waals surface area contributed by atoms with Gasteiger partial charge in [0.1, 0.15) is 23.6 Å². The summed E-state index contributed by atoms with van der Waals surface area (Å²) >= 11 is 0. The Hall–Kier alpha value is -3.04. The third-order valence-electron chi connectivity index (χ3n) is 4.40.